The standard InChI is InChI=1S/C28H26N10/c29-17-25-31-14-9-24(36-25)34-20-10-15-37(16-11-20)18-19-5-7-21(8-6-19)38-27(22-3-1-12-32-26(22)30)35-23-4-2-13-33-28(23)38/h1-9,12-14,20H,10-11,15-16,18H2,(H2,30,32)(H,31,34,36). The van der Waals surface area contributed by atoms with Gasteiger partial charge in [-0.25, -0.2) is 24.9 Å². The Labute approximate surface area is 219 Å². The molecule has 0 spiro atoms. The molecule has 1 aliphatic rings. The van der Waals surface area contributed by atoms with E-state index >= 15 is 0 Å². The van der Waals surface area contributed by atoms with Crippen molar-refractivity contribution >= 4 is 22.8 Å². The molecule has 10 heteroatoms. The van der Waals surface area contributed by atoms with Crippen LogP contribution in [-0.2, 0) is 6.54 Å². The molecular weight excluding hydrogens is 476 g/mol. The van der Waals surface area contributed by atoms with Crippen molar-refractivity contribution in [1.82, 2.24) is 34.4 Å². The molecule has 6 rings (SSSR count). The Morgan fingerprint density at radius 3 is 2.50 bits per heavy atom. The summed E-state index contributed by atoms with van der Waals surface area (Å²) in [5.74, 6) is 2.05. The average Bonchev–Trinajstić information content (AvgIpc) is 3.34. The van der Waals surface area contributed by atoms with Crippen molar-refractivity contribution in [2.45, 2.75) is 25.4 Å². The van der Waals surface area contributed by atoms with Crippen LogP contribution in [0.25, 0.3) is 28.2 Å². The lowest BCUT2D eigenvalue weighted by molar-refractivity contribution is 0.211. The Morgan fingerprint density at radius 2 is 1.71 bits per heavy atom. The quantitative estimate of drug-likeness (QED) is 0.355. The molecule has 0 amide bonds. The van der Waals surface area contributed by atoms with Gasteiger partial charge in [-0.1, -0.05) is 12.1 Å². The number of likely N-dealkylation sites (tertiary alicyclic amines) is 1. The van der Waals surface area contributed by atoms with Gasteiger partial charge in [-0.05, 0) is 60.9 Å². The maximum atomic E-state index is 9.01. The average molecular weight is 503 g/mol. The minimum absolute atomic E-state index is 0.186. The van der Waals surface area contributed by atoms with E-state index in [1.165, 1.54) is 5.56 Å². The molecule has 38 heavy (non-hydrogen) atoms. The van der Waals surface area contributed by atoms with Crippen LogP contribution in [0.5, 0.6) is 0 Å². The van der Waals surface area contributed by atoms with Gasteiger partial charge in [0, 0.05) is 50.0 Å². The number of nitrogens with two attached hydrogens (primary N) is 1. The van der Waals surface area contributed by atoms with Crippen LogP contribution in [0, 0.1) is 11.3 Å². The first-order valence-corrected chi connectivity index (χ1v) is 12.5. The van der Waals surface area contributed by atoms with Gasteiger partial charge in [0.2, 0.25) is 5.82 Å². The molecule has 0 atom stereocenters. The van der Waals surface area contributed by atoms with Gasteiger partial charge in [-0.3, -0.25) is 9.47 Å². The van der Waals surface area contributed by atoms with Crippen LogP contribution in [0.4, 0.5) is 11.6 Å². The number of rotatable bonds is 6. The van der Waals surface area contributed by atoms with Crippen LogP contribution in [0.3, 0.4) is 0 Å². The molecule has 3 N–H and O–H groups in total. The third-order valence-electron chi connectivity index (χ3n) is 6.79. The topological polar surface area (TPSA) is 134 Å². The first-order chi connectivity index (χ1) is 18.7. The molecule has 0 bridgehead atoms. The number of nitrogens with one attached hydrogen (secondary N) is 1. The zero-order chi connectivity index (χ0) is 25.9. The number of benzene rings is 1. The minimum Gasteiger partial charge on any atom is -0.383 e. The molecule has 10 nitrogen and oxygen atoms in total. The molecule has 0 aliphatic carbocycles. The number of nitrogen functional groups attached to an aromatic ring is 1. The van der Waals surface area contributed by atoms with Crippen molar-refractivity contribution in [3.05, 3.63) is 84.6 Å². The third kappa shape index (κ3) is 4.75. The molecule has 1 aliphatic heterocycles. The second kappa shape index (κ2) is 10.2. The number of piperidine rings is 1. The number of hydrogen-bond donors (Lipinski definition) is 2. The van der Waals surface area contributed by atoms with E-state index in [1.54, 1.807) is 18.6 Å². The fraction of sp³-hybridized carbons (Fsp3) is 0.214. The zero-order valence-corrected chi connectivity index (χ0v) is 20.7. The summed E-state index contributed by atoms with van der Waals surface area (Å²) in [6.45, 7) is 2.84. The smallest absolute Gasteiger partial charge is 0.234 e. The largest absolute Gasteiger partial charge is 0.383 e. The summed E-state index contributed by atoms with van der Waals surface area (Å²) < 4.78 is 2.04. The van der Waals surface area contributed by atoms with Crippen LogP contribution >= 0.6 is 0 Å². The van der Waals surface area contributed by atoms with Crippen molar-refractivity contribution in [2.75, 3.05) is 24.1 Å². The maximum Gasteiger partial charge on any atom is 0.234 e. The number of nitriles is 1. The molecule has 1 saturated heterocycles. The van der Waals surface area contributed by atoms with Gasteiger partial charge in [0.25, 0.3) is 0 Å². The Kier molecular flexibility index (Phi) is 6.34. The predicted molar refractivity (Wildman–Crippen MR) is 145 cm³/mol. The van der Waals surface area contributed by atoms with Gasteiger partial charge >= 0.3 is 0 Å². The lowest BCUT2D eigenvalue weighted by Gasteiger charge is -2.32. The number of pyridine rings is 2. The van der Waals surface area contributed by atoms with Crippen LogP contribution in [0.2, 0.25) is 0 Å². The highest BCUT2D eigenvalue weighted by molar-refractivity contribution is 5.82. The van der Waals surface area contributed by atoms with E-state index in [2.05, 4.69) is 54.4 Å². The highest BCUT2D eigenvalue weighted by atomic mass is 15.2. The molecule has 0 unspecified atom stereocenters. The molecule has 0 saturated carbocycles. The lowest BCUT2D eigenvalue weighted by Crippen LogP contribution is -2.38. The van der Waals surface area contributed by atoms with Crippen LogP contribution in [-0.4, -0.2) is 53.5 Å². The van der Waals surface area contributed by atoms with E-state index in [1.807, 2.05) is 41.0 Å². The highest BCUT2D eigenvalue weighted by Crippen LogP contribution is 2.30. The van der Waals surface area contributed by atoms with Gasteiger partial charge in [0.1, 0.15) is 23.2 Å². The van der Waals surface area contributed by atoms with Gasteiger partial charge in [-0.2, -0.15) is 5.26 Å². The van der Waals surface area contributed by atoms with Crippen molar-refractivity contribution in [2.24, 2.45) is 0 Å². The Morgan fingerprint density at radius 1 is 0.921 bits per heavy atom. The zero-order valence-electron chi connectivity index (χ0n) is 20.7. The number of imidazole rings is 1. The summed E-state index contributed by atoms with van der Waals surface area (Å²) in [7, 11) is 0. The summed E-state index contributed by atoms with van der Waals surface area (Å²) >= 11 is 0. The van der Waals surface area contributed by atoms with Crippen molar-refractivity contribution < 1.29 is 0 Å². The van der Waals surface area contributed by atoms with Crippen LogP contribution in [0.15, 0.2) is 73.2 Å². The molecule has 5 aromatic rings. The molecular formula is C28H26N10. The molecule has 5 heterocycles. The second-order valence-electron chi connectivity index (χ2n) is 9.29. The fourth-order valence-electron chi connectivity index (χ4n) is 4.89. The number of hydrogen-bond acceptors (Lipinski definition) is 9. The predicted octanol–water partition coefficient (Wildman–Crippen LogP) is 3.80. The molecule has 4 aromatic heterocycles. The fourth-order valence-corrected chi connectivity index (χ4v) is 4.89. The van der Waals surface area contributed by atoms with Gasteiger partial charge in [0.05, 0.1) is 5.56 Å². The SMILES string of the molecule is N#Cc1nccc(NC2CCN(Cc3ccc(-n4c(-c5cccnc5N)nc5cccnc54)cc3)CC2)n1. The first-order valence-electron chi connectivity index (χ1n) is 12.5. The minimum atomic E-state index is 0.186. The number of nitrogens with zero attached hydrogens (tertiary/aromatic N) is 8. The summed E-state index contributed by atoms with van der Waals surface area (Å²) in [5.41, 5.74) is 10.8. The highest BCUT2D eigenvalue weighted by Gasteiger charge is 2.21. The monoisotopic (exact) mass is 502 g/mol. The number of aromatic nitrogens is 6. The van der Waals surface area contributed by atoms with E-state index in [-0.39, 0.29) is 5.82 Å². The second-order valence-corrected chi connectivity index (χ2v) is 9.29. The van der Waals surface area contributed by atoms with Crippen molar-refractivity contribution in [3.8, 4) is 23.1 Å². The molecule has 1 aromatic carbocycles. The van der Waals surface area contributed by atoms with Crippen LogP contribution in [0.1, 0.15) is 24.2 Å². The Balaban J connectivity index is 1.16. The van der Waals surface area contributed by atoms with Gasteiger partial charge in [0.15, 0.2) is 11.5 Å². The maximum absolute atomic E-state index is 9.01. The first kappa shape index (κ1) is 23.5. The van der Waals surface area contributed by atoms with Crippen molar-refractivity contribution in [3.63, 3.8) is 0 Å². The van der Waals surface area contributed by atoms with E-state index < -0.39 is 0 Å². The summed E-state index contributed by atoms with van der Waals surface area (Å²) in [5, 5.41) is 12.5. The van der Waals surface area contributed by atoms with E-state index in [0.29, 0.717) is 17.7 Å². The summed E-state index contributed by atoms with van der Waals surface area (Å²) in [6.07, 6.45) is 7.08. The summed E-state index contributed by atoms with van der Waals surface area (Å²) in [4.78, 5) is 24.3. The van der Waals surface area contributed by atoms with Crippen LogP contribution < -0.4 is 11.1 Å². The van der Waals surface area contributed by atoms with Crippen molar-refractivity contribution in [1.29, 1.82) is 5.26 Å². The van der Waals surface area contributed by atoms with E-state index in [4.69, 9.17) is 16.0 Å². The number of fused-ring (bicyclic) bond motifs is 1. The normalized spacial score (nSPS) is 14.4. The Bertz CT molecular complexity index is 1610. The van der Waals surface area contributed by atoms with E-state index in [0.717, 1.165) is 60.7 Å². The molecule has 1 fully saturated rings. The van der Waals surface area contributed by atoms with E-state index in [9.17, 15) is 0 Å². The lowest BCUT2D eigenvalue weighted by atomic mass is 10.0. The third-order valence-corrected chi connectivity index (χ3v) is 6.79. The van der Waals surface area contributed by atoms with Gasteiger partial charge < -0.3 is 11.1 Å². The number of anilines is 2. The summed E-state index contributed by atoms with van der Waals surface area (Å²) in [6, 6.07) is 20.3. The molecule has 188 valence electrons. The Hall–Kier alpha value is -4.88. The molecule has 0 radical (unpaired) electrons. The van der Waals surface area contributed by atoms with Gasteiger partial charge in [-0.15, -0.1) is 0 Å².